The lowest BCUT2D eigenvalue weighted by molar-refractivity contribution is 0.582. The van der Waals surface area contributed by atoms with Crippen LogP contribution in [0.25, 0.3) is 44.5 Å². The third kappa shape index (κ3) is 6.16. The molecule has 0 fully saturated rings. The number of anilines is 7. The van der Waals surface area contributed by atoms with Crippen LogP contribution in [0.4, 0.5) is 39.8 Å². The molecule has 2 aliphatic carbocycles. The van der Waals surface area contributed by atoms with E-state index < -0.39 is 12.9 Å². The molecule has 0 bridgehead atoms. The maximum Gasteiger partial charge on any atom is 0.301 e. The van der Waals surface area contributed by atoms with Crippen molar-refractivity contribution in [2.45, 2.75) is 5.41 Å². The zero-order valence-corrected chi connectivity index (χ0v) is 40.1. The summed E-state index contributed by atoms with van der Waals surface area (Å²) in [6.07, 6.45) is 0. The van der Waals surface area contributed by atoms with Gasteiger partial charge in [-0.15, -0.1) is 0 Å². The number of hydrogen-bond donors (Lipinski definition) is 0. The summed E-state index contributed by atoms with van der Waals surface area (Å²) < 4.78 is 20.4. The number of para-hydroxylation sites is 2. The molecule has 11 aromatic carbocycles. The molecule has 1 aliphatic heterocycles. The Labute approximate surface area is 420 Å². The molecular weight excluding hydrogens is 894 g/mol. The average molecular weight is 940 g/mol. The van der Waals surface area contributed by atoms with Gasteiger partial charge in [-0.3, -0.25) is 13.9 Å². The highest BCUT2D eigenvalue weighted by atomic mass is 31.2. The van der Waals surface area contributed by atoms with Gasteiger partial charge in [-0.1, -0.05) is 200 Å². The maximum absolute atomic E-state index is 16.3. The Bertz CT molecular complexity index is 3870. The SMILES string of the molecule is O=P1(c2ccccc2)N(c2ccccc2)c2ccc(-c3ccc(N(c4cccc(-c5ccccc5)c4)c4cccc5c4-c4ccccc4C54c5ccccc5-c5ccccc54)cc3)cc2N1c1ccccc1. The fraction of sp³-hybridized carbons (Fsp3) is 0.0149. The second-order valence-electron chi connectivity index (χ2n) is 18.8. The molecule has 0 radical (unpaired) electrons. The van der Waals surface area contributed by atoms with Gasteiger partial charge in [-0.05, 0) is 140 Å². The highest BCUT2D eigenvalue weighted by Gasteiger charge is 2.53. The number of benzene rings is 11. The highest BCUT2D eigenvalue weighted by Crippen LogP contribution is 2.70. The first-order chi connectivity index (χ1) is 35.6. The van der Waals surface area contributed by atoms with Crippen molar-refractivity contribution in [2.24, 2.45) is 0 Å². The summed E-state index contributed by atoms with van der Waals surface area (Å²) in [6.45, 7) is 0. The minimum absolute atomic E-state index is 0.474. The Hall–Kier alpha value is -8.95. The van der Waals surface area contributed by atoms with E-state index in [0.29, 0.717) is 0 Å². The first kappa shape index (κ1) is 42.0. The van der Waals surface area contributed by atoms with Gasteiger partial charge >= 0.3 is 7.44 Å². The molecule has 14 rings (SSSR count). The summed E-state index contributed by atoms with van der Waals surface area (Å²) >= 11 is 0. The summed E-state index contributed by atoms with van der Waals surface area (Å²) in [5.74, 6) is 0. The van der Waals surface area contributed by atoms with E-state index in [1.807, 2.05) is 78.9 Å². The van der Waals surface area contributed by atoms with E-state index in [4.69, 9.17) is 0 Å². The number of fused-ring (bicyclic) bond motifs is 11. The van der Waals surface area contributed by atoms with E-state index in [9.17, 15) is 0 Å². The Morgan fingerprint density at radius 2 is 0.792 bits per heavy atom. The molecule has 1 spiro atoms. The van der Waals surface area contributed by atoms with Crippen LogP contribution in [0, 0.1) is 0 Å². The Kier molecular flexibility index (Phi) is 9.67. The molecule has 11 aromatic rings. The summed E-state index contributed by atoms with van der Waals surface area (Å²) in [6, 6.07) is 99.3. The Balaban J connectivity index is 0.946. The van der Waals surface area contributed by atoms with Crippen LogP contribution in [0.3, 0.4) is 0 Å². The molecule has 3 aliphatic rings. The molecule has 1 unspecified atom stereocenters. The first-order valence-electron chi connectivity index (χ1n) is 24.6. The van der Waals surface area contributed by atoms with Crippen LogP contribution in [-0.4, -0.2) is 0 Å². The fourth-order valence-electron chi connectivity index (χ4n) is 12.0. The highest BCUT2D eigenvalue weighted by molar-refractivity contribution is 7.76. The Morgan fingerprint density at radius 3 is 1.43 bits per heavy atom. The van der Waals surface area contributed by atoms with Gasteiger partial charge in [0.05, 0.1) is 27.8 Å². The predicted molar refractivity (Wildman–Crippen MR) is 299 cm³/mol. The lowest BCUT2D eigenvalue weighted by atomic mass is 9.70. The van der Waals surface area contributed by atoms with Crippen molar-refractivity contribution in [1.29, 1.82) is 0 Å². The van der Waals surface area contributed by atoms with Crippen molar-refractivity contribution in [3.63, 3.8) is 0 Å². The van der Waals surface area contributed by atoms with Crippen molar-refractivity contribution < 1.29 is 4.57 Å². The molecule has 340 valence electrons. The zero-order valence-electron chi connectivity index (χ0n) is 39.3. The molecule has 0 saturated carbocycles. The molecule has 72 heavy (non-hydrogen) atoms. The van der Waals surface area contributed by atoms with Gasteiger partial charge in [0.15, 0.2) is 0 Å². The van der Waals surface area contributed by atoms with E-state index in [1.54, 1.807) is 0 Å². The maximum atomic E-state index is 16.3. The van der Waals surface area contributed by atoms with Gasteiger partial charge in [-0.2, -0.15) is 0 Å². The summed E-state index contributed by atoms with van der Waals surface area (Å²) in [5, 5.41) is 0.763. The lowest BCUT2D eigenvalue weighted by Gasteiger charge is -2.33. The molecule has 1 atom stereocenters. The van der Waals surface area contributed by atoms with Crippen molar-refractivity contribution >= 4 is 52.6 Å². The van der Waals surface area contributed by atoms with Gasteiger partial charge in [0, 0.05) is 28.3 Å². The third-order valence-electron chi connectivity index (χ3n) is 15.0. The minimum Gasteiger partial charge on any atom is -0.310 e. The van der Waals surface area contributed by atoms with E-state index in [0.717, 1.165) is 61.8 Å². The normalized spacial score (nSPS) is 15.4. The van der Waals surface area contributed by atoms with E-state index in [-0.39, 0.29) is 0 Å². The lowest BCUT2D eigenvalue weighted by Crippen LogP contribution is -2.26. The van der Waals surface area contributed by atoms with Crippen molar-refractivity contribution in [3.8, 4) is 44.5 Å². The van der Waals surface area contributed by atoms with Crippen LogP contribution in [-0.2, 0) is 9.98 Å². The zero-order chi connectivity index (χ0) is 47.8. The molecule has 0 amide bonds. The quantitative estimate of drug-likeness (QED) is 0.142. The van der Waals surface area contributed by atoms with Crippen LogP contribution in [0.1, 0.15) is 22.3 Å². The topological polar surface area (TPSA) is 26.8 Å². The van der Waals surface area contributed by atoms with Crippen LogP contribution in [0.2, 0.25) is 0 Å². The second-order valence-corrected chi connectivity index (χ2v) is 21.2. The monoisotopic (exact) mass is 939 g/mol. The molecule has 1 heterocycles. The van der Waals surface area contributed by atoms with Gasteiger partial charge in [-0.25, -0.2) is 0 Å². The van der Waals surface area contributed by atoms with E-state index in [1.165, 1.54) is 50.1 Å². The van der Waals surface area contributed by atoms with Crippen molar-refractivity contribution in [2.75, 3.05) is 14.2 Å². The van der Waals surface area contributed by atoms with Gasteiger partial charge in [0.25, 0.3) is 0 Å². The van der Waals surface area contributed by atoms with Gasteiger partial charge in [0.2, 0.25) is 0 Å². The molecule has 0 N–H and O–H groups in total. The molecule has 4 nitrogen and oxygen atoms in total. The van der Waals surface area contributed by atoms with Crippen LogP contribution >= 0.6 is 7.44 Å². The molecule has 0 saturated heterocycles. The van der Waals surface area contributed by atoms with Gasteiger partial charge in [0.1, 0.15) is 0 Å². The molecule has 0 aromatic heterocycles. The summed E-state index contributed by atoms with van der Waals surface area (Å²) in [5.41, 5.74) is 21.0. The van der Waals surface area contributed by atoms with Crippen LogP contribution in [0.15, 0.2) is 279 Å². The second kappa shape index (κ2) is 16.6. The largest absolute Gasteiger partial charge is 0.310 e. The number of rotatable bonds is 8. The fourth-order valence-corrected chi connectivity index (χ4v) is 15.0. The summed E-state index contributed by atoms with van der Waals surface area (Å²) in [4.78, 5) is 2.45. The number of hydrogen-bond acceptors (Lipinski definition) is 2. The predicted octanol–water partition coefficient (Wildman–Crippen LogP) is 17.6. The van der Waals surface area contributed by atoms with Crippen LogP contribution < -0.4 is 19.5 Å². The number of nitrogens with zero attached hydrogens (tertiary/aromatic N) is 3. The van der Waals surface area contributed by atoms with Crippen molar-refractivity contribution in [1.82, 2.24) is 0 Å². The van der Waals surface area contributed by atoms with Crippen molar-refractivity contribution in [3.05, 3.63) is 301 Å². The van der Waals surface area contributed by atoms with Gasteiger partial charge < -0.3 is 4.90 Å². The third-order valence-corrected chi connectivity index (χ3v) is 17.9. The standard InChI is InChI=1S/C67H46N3OP/c71-72(55-29-11-4-12-30-55)69(52-24-7-2-8-25-52)63-44-41-50(46-65(63)70(72)53-26-9-3-10-27-53)48-39-42-51(43-40-48)68(54-28-19-23-49(45-54)47-21-5-1-6-22-47)64-38-20-37-62-66(64)58-33-15-18-36-61(58)67(62)59-34-16-13-31-56(59)57-32-14-17-35-60(57)67/h1-46H. The average Bonchev–Trinajstić information content (AvgIpc) is 4.04. The Morgan fingerprint density at radius 1 is 0.333 bits per heavy atom. The molecular formula is C67H46N3OP. The van der Waals surface area contributed by atoms with Crippen LogP contribution in [0.5, 0.6) is 0 Å². The molecule has 5 heteroatoms. The van der Waals surface area contributed by atoms with E-state index in [2.05, 4.69) is 214 Å². The van der Waals surface area contributed by atoms with E-state index >= 15 is 4.57 Å². The smallest absolute Gasteiger partial charge is 0.301 e. The summed E-state index contributed by atoms with van der Waals surface area (Å²) in [7, 11) is -3.51. The minimum atomic E-state index is -3.51. The first-order valence-corrected chi connectivity index (χ1v) is 26.2.